The van der Waals surface area contributed by atoms with E-state index >= 15 is 0 Å². The van der Waals surface area contributed by atoms with Crippen molar-refractivity contribution in [1.29, 1.82) is 0 Å². The van der Waals surface area contributed by atoms with Crippen LogP contribution in [0.15, 0.2) is 6.33 Å². The topological polar surface area (TPSA) is 130 Å². The first-order valence-electron chi connectivity index (χ1n) is 7.13. The summed E-state index contributed by atoms with van der Waals surface area (Å²) in [5.41, 5.74) is 1.98. The van der Waals surface area contributed by atoms with Crippen molar-refractivity contribution in [3.8, 4) is 0 Å². The molecule has 9 nitrogen and oxygen atoms in total. The van der Waals surface area contributed by atoms with Crippen molar-refractivity contribution in [2.24, 2.45) is 0 Å². The van der Waals surface area contributed by atoms with Crippen molar-refractivity contribution in [3.63, 3.8) is 0 Å². The first kappa shape index (κ1) is 14.2. The van der Waals surface area contributed by atoms with Gasteiger partial charge >= 0.3 is 5.69 Å². The summed E-state index contributed by atoms with van der Waals surface area (Å²) in [5, 5.41) is 20.3. The molecule has 0 spiro atoms. The van der Waals surface area contributed by atoms with Gasteiger partial charge in [0.1, 0.15) is 5.69 Å². The molecule has 0 bridgehead atoms. The molecule has 9 heteroatoms. The molecule has 0 saturated carbocycles. The van der Waals surface area contributed by atoms with E-state index in [1.807, 2.05) is 0 Å². The summed E-state index contributed by atoms with van der Waals surface area (Å²) in [4.78, 5) is 30.1. The number of nitrogens with one attached hydrogen (secondary N) is 3. The number of carbonyl (C=O) groups excluding carboxylic acids is 1. The third-order valence-corrected chi connectivity index (χ3v) is 3.89. The minimum absolute atomic E-state index is 0.0816. The molecule has 22 heavy (non-hydrogen) atoms. The number of fused-ring (bicyclic) bond motifs is 1. The fourth-order valence-electron chi connectivity index (χ4n) is 2.75. The smallest absolute Gasteiger partial charge is 0.322 e. The molecule has 1 aliphatic rings. The summed E-state index contributed by atoms with van der Waals surface area (Å²) in [7, 11) is 0. The molecule has 1 amide bonds. The highest BCUT2D eigenvalue weighted by molar-refractivity contribution is 5.96. The van der Waals surface area contributed by atoms with Crippen LogP contribution in [0.2, 0.25) is 0 Å². The third-order valence-electron chi connectivity index (χ3n) is 3.89. The third kappa shape index (κ3) is 2.45. The van der Waals surface area contributed by atoms with Gasteiger partial charge in [0.05, 0.1) is 16.9 Å². The van der Waals surface area contributed by atoms with E-state index in [9.17, 15) is 14.9 Å². The van der Waals surface area contributed by atoms with E-state index in [1.165, 1.54) is 0 Å². The number of nitrogens with zero attached hydrogens (tertiary/aromatic N) is 3. The molecular weight excluding hydrogens is 288 g/mol. The number of aromatic amines is 2. The number of H-pyrrole nitrogens is 2. The Morgan fingerprint density at radius 2 is 2.41 bits per heavy atom. The highest BCUT2D eigenvalue weighted by Crippen LogP contribution is 2.23. The molecule has 0 aliphatic heterocycles. The lowest BCUT2D eigenvalue weighted by Crippen LogP contribution is -2.39. The van der Waals surface area contributed by atoms with Gasteiger partial charge < -0.3 is 10.3 Å². The van der Waals surface area contributed by atoms with Crippen LogP contribution in [-0.2, 0) is 19.3 Å². The van der Waals surface area contributed by atoms with Crippen LogP contribution in [0.1, 0.15) is 40.9 Å². The zero-order valence-electron chi connectivity index (χ0n) is 12.0. The second kappa shape index (κ2) is 5.58. The Balaban J connectivity index is 1.76. The summed E-state index contributed by atoms with van der Waals surface area (Å²) < 4.78 is 0. The fourth-order valence-corrected chi connectivity index (χ4v) is 2.75. The van der Waals surface area contributed by atoms with Crippen molar-refractivity contribution in [1.82, 2.24) is 25.5 Å². The Labute approximate surface area is 125 Å². The van der Waals surface area contributed by atoms with Crippen LogP contribution in [0.5, 0.6) is 0 Å². The van der Waals surface area contributed by atoms with Crippen molar-refractivity contribution >= 4 is 11.6 Å². The average Bonchev–Trinajstić information content (AvgIpc) is 3.12. The van der Waals surface area contributed by atoms with Gasteiger partial charge in [-0.05, 0) is 19.3 Å². The lowest BCUT2D eigenvalue weighted by molar-refractivity contribution is -0.385. The van der Waals surface area contributed by atoms with Crippen LogP contribution in [0, 0.1) is 10.1 Å². The maximum absolute atomic E-state index is 12.3. The Hall–Kier alpha value is -2.71. The van der Waals surface area contributed by atoms with Crippen LogP contribution in [0.3, 0.4) is 0 Å². The SMILES string of the molecule is CCc1[nH]nc(C(=O)NC2CCc3nc[nH]c3C2)c1[N+](=O)[O-]. The first-order valence-corrected chi connectivity index (χ1v) is 7.13. The van der Waals surface area contributed by atoms with Gasteiger partial charge in [-0.25, -0.2) is 4.98 Å². The molecule has 0 fully saturated rings. The Kier molecular flexibility index (Phi) is 3.61. The maximum atomic E-state index is 12.3. The van der Waals surface area contributed by atoms with E-state index in [-0.39, 0.29) is 17.4 Å². The minimum atomic E-state index is -0.564. The number of hydrogen-bond acceptors (Lipinski definition) is 5. The predicted octanol–water partition coefficient (Wildman–Crippen LogP) is 0.891. The normalized spacial score (nSPS) is 17.0. The zero-order valence-corrected chi connectivity index (χ0v) is 12.0. The maximum Gasteiger partial charge on any atom is 0.322 e. The van der Waals surface area contributed by atoms with E-state index < -0.39 is 10.8 Å². The number of rotatable bonds is 4. The number of nitro groups is 1. The van der Waals surface area contributed by atoms with Crippen LogP contribution in [-0.4, -0.2) is 37.0 Å². The number of carbonyl (C=O) groups is 1. The van der Waals surface area contributed by atoms with Crippen LogP contribution >= 0.6 is 0 Å². The number of aryl methyl sites for hydroxylation is 2. The van der Waals surface area contributed by atoms with Gasteiger partial charge in [0, 0.05) is 18.2 Å². The van der Waals surface area contributed by atoms with Crippen molar-refractivity contribution in [2.45, 2.75) is 38.6 Å². The number of amides is 1. The van der Waals surface area contributed by atoms with E-state index in [0.29, 0.717) is 18.5 Å². The van der Waals surface area contributed by atoms with E-state index in [0.717, 1.165) is 24.2 Å². The molecule has 3 rings (SSSR count). The summed E-state index contributed by atoms with van der Waals surface area (Å²) in [6, 6.07) is -0.0816. The Morgan fingerprint density at radius 1 is 1.59 bits per heavy atom. The van der Waals surface area contributed by atoms with E-state index in [2.05, 4.69) is 25.5 Å². The molecule has 1 unspecified atom stereocenters. The lowest BCUT2D eigenvalue weighted by Gasteiger charge is -2.21. The number of aromatic nitrogens is 4. The molecular formula is C13H16N6O3. The molecule has 0 radical (unpaired) electrons. The quantitative estimate of drug-likeness (QED) is 0.570. The van der Waals surface area contributed by atoms with Gasteiger partial charge in [0.2, 0.25) is 5.69 Å². The minimum Gasteiger partial charge on any atom is -0.348 e. The largest absolute Gasteiger partial charge is 0.348 e. The molecule has 1 atom stereocenters. The first-order chi connectivity index (χ1) is 10.6. The highest BCUT2D eigenvalue weighted by atomic mass is 16.6. The Bertz CT molecular complexity index is 719. The van der Waals surface area contributed by atoms with Gasteiger partial charge in [0.25, 0.3) is 5.91 Å². The van der Waals surface area contributed by atoms with Crippen LogP contribution < -0.4 is 5.32 Å². The molecule has 2 aromatic heterocycles. The molecule has 1 aliphatic carbocycles. The van der Waals surface area contributed by atoms with Gasteiger partial charge in [-0.3, -0.25) is 20.0 Å². The van der Waals surface area contributed by atoms with Crippen molar-refractivity contribution in [3.05, 3.63) is 39.2 Å². The van der Waals surface area contributed by atoms with Gasteiger partial charge in [0.15, 0.2) is 0 Å². The molecule has 2 heterocycles. The van der Waals surface area contributed by atoms with Crippen molar-refractivity contribution in [2.75, 3.05) is 0 Å². The second-order valence-electron chi connectivity index (χ2n) is 5.25. The summed E-state index contributed by atoms with van der Waals surface area (Å²) in [6.45, 7) is 1.77. The van der Waals surface area contributed by atoms with Crippen LogP contribution in [0.4, 0.5) is 5.69 Å². The van der Waals surface area contributed by atoms with Gasteiger partial charge in [-0.15, -0.1) is 0 Å². The predicted molar refractivity (Wildman–Crippen MR) is 76.5 cm³/mol. The van der Waals surface area contributed by atoms with Crippen molar-refractivity contribution < 1.29 is 9.72 Å². The Morgan fingerprint density at radius 3 is 3.14 bits per heavy atom. The van der Waals surface area contributed by atoms with Gasteiger partial charge in [-0.1, -0.05) is 6.92 Å². The molecule has 3 N–H and O–H groups in total. The standard InChI is InChI=1S/C13H16N6O3/c1-2-8-12(19(21)22)11(18-17-8)13(20)16-7-3-4-9-10(5-7)15-6-14-9/h6-7H,2-5H2,1H3,(H,14,15)(H,16,20)(H,17,18). The van der Waals surface area contributed by atoms with E-state index in [4.69, 9.17) is 0 Å². The lowest BCUT2D eigenvalue weighted by atomic mass is 9.96. The second-order valence-corrected chi connectivity index (χ2v) is 5.25. The summed E-state index contributed by atoms with van der Waals surface area (Å²) >= 11 is 0. The monoisotopic (exact) mass is 304 g/mol. The highest BCUT2D eigenvalue weighted by Gasteiger charge is 2.30. The summed E-state index contributed by atoms with van der Waals surface area (Å²) in [5.74, 6) is -0.518. The molecule has 116 valence electrons. The zero-order chi connectivity index (χ0) is 15.7. The van der Waals surface area contributed by atoms with Crippen LogP contribution in [0.25, 0.3) is 0 Å². The molecule has 2 aromatic rings. The molecule has 0 aromatic carbocycles. The summed E-state index contributed by atoms with van der Waals surface area (Å²) in [6.07, 6.45) is 4.22. The fraction of sp³-hybridized carbons (Fsp3) is 0.462. The number of hydrogen-bond donors (Lipinski definition) is 3. The molecule has 0 saturated heterocycles. The average molecular weight is 304 g/mol. The number of imidazole rings is 1. The van der Waals surface area contributed by atoms with Gasteiger partial charge in [-0.2, -0.15) is 5.10 Å². The van der Waals surface area contributed by atoms with E-state index in [1.54, 1.807) is 13.3 Å².